The molecule has 0 spiro atoms. The first-order valence-electron chi connectivity index (χ1n) is 6.07. The number of hydrogen-bond donors (Lipinski definition) is 1. The maximum absolute atomic E-state index is 12.0. The molecular weight excluding hydrogens is 272 g/mol. The molecule has 0 fully saturated rings. The minimum atomic E-state index is -0.180. The van der Waals surface area contributed by atoms with E-state index in [0.29, 0.717) is 16.5 Å². The molecule has 0 aliphatic rings. The van der Waals surface area contributed by atoms with Crippen molar-refractivity contribution in [1.29, 1.82) is 0 Å². The third kappa shape index (κ3) is 2.60. The van der Waals surface area contributed by atoms with Crippen LogP contribution in [0.1, 0.15) is 16.2 Å². The number of aryl methyl sites for hydroxylation is 1. The molecule has 5 nitrogen and oxygen atoms in total. The lowest BCUT2D eigenvalue weighted by Crippen LogP contribution is -2.11. The van der Waals surface area contributed by atoms with E-state index in [-0.39, 0.29) is 5.91 Å². The van der Waals surface area contributed by atoms with Crippen molar-refractivity contribution in [3.8, 4) is 5.69 Å². The minimum absolute atomic E-state index is 0.180. The van der Waals surface area contributed by atoms with Gasteiger partial charge in [0.2, 0.25) is 5.13 Å². The van der Waals surface area contributed by atoms with Crippen LogP contribution in [0.15, 0.2) is 48.8 Å². The Balaban J connectivity index is 1.75. The van der Waals surface area contributed by atoms with Crippen LogP contribution < -0.4 is 5.32 Å². The Morgan fingerprint density at radius 1 is 1.20 bits per heavy atom. The highest BCUT2D eigenvalue weighted by Gasteiger charge is 2.09. The lowest BCUT2D eigenvalue weighted by Gasteiger charge is -2.05. The van der Waals surface area contributed by atoms with Gasteiger partial charge < -0.3 is 4.57 Å². The molecule has 0 bridgehead atoms. The van der Waals surface area contributed by atoms with Crippen molar-refractivity contribution in [2.24, 2.45) is 0 Å². The summed E-state index contributed by atoms with van der Waals surface area (Å²) in [5.74, 6) is 0.480. The largest absolute Gasteiger partial charge is 0.324 e. The fraction of sp³-hybridized carbons (Fsp3) is 0.0714. The second-order valence-corrected chi connectivity index (χ2v) is 4.99. The lowest BCUT2D eigenvalue weighted by molar-refractivity contribution is 0.102. The summed E-state index contributed by atoms with van der Waals surface area (Å²) in [6, 6.07) is 11.3. The van der Waals surface area contributed by atoms with Crippen LogP contribution in [0.4, 0.5) is 5.13 Å². The number of amides is 1. The molecule has 0 unspecified atom stereocenters. The van der Waals surface area contributed by atoms with Crippen molar-refractivity contribution in [2.45, 2.75) is 6.92 Å². The van der Waals surface area contributed by atoms with E-state index in [1.807, 2.05) is 41.2 Å². The molecular formula is C14H12N4OS. The first kappa shape index (κ1) is 12.6. The first-order chi connectivity index (χ1) is 9.72. The van der Waals surface area contributed by atoms with Gasteiger partial charge in [0.25, 0.3) is 5.91 Å². The summed E-state index contributed by atoms with van der Waals surface area (Å²) in [5.41, 5.74) is 1.60. The highest BCUT2D eigenvalue weighted by Crippen LogP contribution is 2.14. The molecule has 2 heterocycles. The molecule has 2 aromatic heterocycles. The van der Waals surface area contributed by atoms with E-state index in [2.05, 4.69) is 14.7 Å². The van der Waals surface area contributed by atoms with Gasteiger partial charge in [0.1, 0.15) is 5.82 Å². The number of rotatable bonds is 3. The third-order valence-corrected chi connectivity index (χ3v) is 3.50. The smallest absolute Gasteiger partial charge is 0.257 e. The van der Waals surface area contributed by atoms with Crippen molar-refractivity contribution in [2.75, 3.05) is 5.32 Å². The van der Waals surface area contributed by atoms with Gasteiger partial charge in [-0.3, -0.25) is 10.1 Å². The highest BCUT2D eigenvalue weighted by atomic mass is 32.1. The van der Waals surface area contributed by atoms with Gasteiger partial charge >= 0.3 is 0 Å². The van der Waals surface area contributed by atoms with Crippen molar-refractivity contribution >= 4 is 22.6 Å². The third-order valence-electron chi connectivity index (χ3n) is 2.78. The normalized spacial score (nSPS) is 10.4. The van der Waals surface area contributed by atoms with Crippen molar-refractivity contribution in [3.63, 3.8) is 0 Å². The van der Waals surface area contributed by atoms with Crippen LogP contribution in [0.5, 0.6) is 0 Å². The molecule has 0 aliphatic carbocycles. The molecule has 3 rings (SSSR count). The van der Waals surface area contributed by atoms with E-state index in [4.69, 9.17) is 0 Å². The molecule has 0 aliphatic heterocycles. The topological polar surface area (TPSA) is 59.8 Å². The summed E-state index contributed by atoms with van der Waals surface area (Å²) >= 11 is 1.18. The zero-order valence-corrected chi connectivity index (χ0v) is 11.6. The Kier molecular flexibility index (Phi) is 3.30. The molecule has 0 radical (unpaired) electrons. The van der Waals surface area contributed by atoms with E-state index in [1.165, 1.54) is 11.5 Å². The molecule has 0 saturated carbocycles. The average Bonchev–Trinajstić information content (AvgIpc) is 3.11. The fourth-order valence-corrected chi connectivity index (χ4v) is 2.38. The number of carbonyl (C=O) groups is 1. The molecule has 100 valence electrons. The Hall–Kier alpha value is -2.47. The van der Waals surface area contributed by atoms with E-state index < -0.39 is 0 Å². The standard InChI is InChI=1S/C14H12N4OS/c1-10-15-14(20-17-10)16-13(19)11-4-6-12(7-5-11)18-8-2-3-9-18/h2-9H,1H3,(H,15,16,17,19). The molecule has 6 heteroatoms. The average molecular weight is 284 g/mol. The maximum Gasteiger partial charge on any atom is 0.257 e. The minimum Gasteiger partial charge on any atom is -0.324 e. The Morgan fingerprint density at radius 2 is 1.90 bits per heavy atom. The van der Waals surface area contributed by atoms with Gasteiger partial charge in [-0.15, -0.1) is 0 Å². The first-order valence-corrected chi connectivity index (χ1v) is 6.85. The summed E-state index contributed by atoms with van der Waals surface area (Å²) in [5, 5.41) is 3.25. The van der Waals surface area contributed by atoms with Crippen LogP contribution >= 0.6 is 11.5 Å². The zero-order chi connectivity index (χ0) is 13.9. The summed E-state index contributed by atoms with van der Waals surface area (Å²) < 4.78 is 6.01. The van der Waals surface area contributed by atoms with Gasteiger partial charge in [-0.25, -0.2) is 4.98 Å². The molecule has 1 amide bonds. The lowest BCUT2D eigenvalue weighted by atomic mass is 10.2. The van der Waals surface area contributed by atoms with Crippen LogP contribution in [0.2, 0.25) is 0 Å². The summed E-state index contributed by atoms with van der Waals surface area (Å²) in [6.07, 6.45) is 3.91. The van der Waals surface area contributed by atoms with Gasteiger partial charge in [0.15, 0.2) is 0 Å². The van der Waals surface area contributed by atoms with Crippen LogP contribution in [-0.4, -0.2) is 19.8 Å². The van der Waals surface area contributed by atoms with Gasteiger partial charge in [-0.2, -0.15) is 4.37 Å². The van der Waals surface area contributed by atoms with Crippen LogP contribution in [0.25, 0.3) is 5.69 Å². The van der Waals surface area contributed by atoms with Crippen LogP contribution in [-0.2, 0) is 0 Å². The van der Waals surface area contributed by atoms with E-state index in [9.17, 15) is 4.79 Å². The van der Waals surface area contributed by atoms with Crippen molar-refractivity contribution in [1.82, 2.24) is 13.9 Å². The highest BCUT2D eigenvalue weighted by molar-refractivity contribution is 7.09. The summed E-state index contributed by atoms with van der Waals surface area (Å²) in [4.78, 5) is 16.1. The number of anilines is 1. The second-order valence-electron chi connectivity index (χ2n) is 4.24. The number of aromatic nitrogens is 3. The van der Waals surface area contributed by atoms with Gasteiger partial charge in [0, 0.05) is 35.2 Å². The Bertz CT molecular complexity index is 716. The molecule has 0 atom stereocenters. The molecule has 1 aromatic carbocycles. The summed E-state index contributed by atoms with van der Waals surface area (Å²) in [6.45, 7) is 1.79. The van der Waals surface area contributed by atoms with Crippen LogP contribution in [0, 0.1) is 6.92 Å². The monoisotopic (exact) mass is 284 g/mol. The Labute approximate surface area is 120 Å². The fourth-order valence-electron chi connectivity index (χ4n) is 1.81. The Morgan fingerprint density at radius 3 is 2.50 bits per heavy atom. The van der Waals surface area contributed by atoms with Gasteiger partial charge in [0.05, 0.1) is 0 Å². The number of benzene rings is 1. The zero-order valence-electron chi connectivity index (χ0n) is 10.8. The van der Waals surface area contributed by atoms with E-state index in [0.717, 1.165) is 5.69 Å². The number of nitrogens with one attached hydrogen (secondary N) is 1. The molecule has 1 N–H and O–H groups in total. The van der Waals surface area contributed by atoms with Crippen LogP contribution in [0.3, 0.4) is 0 Å². The SMILES string of the molecule is Cc1nsc(NC(=O)c2ccc(-n3cccc3)cc2)n1. The predicted molar refractivity (Wildman–Crippen MR) is 78.4 cm³/mol. The predicted octanol–water partition coefficient (Wildman–Crippen LogP) is 2.89. The maximum atomic E-state index is 12.0. The van der Waals surface area contributed by atoms with E-state index in [1.54, 1.807) is 19.1 Å². The summed E-state index contributed by atoms with van der Waals surface area (Å²) in [7, 11) is 0. The van der Waals surface area contributed by atoms with Crippen molar-refractivity contribution < 1.29 is 4.79 Å². The number of nitrogens with zero attached hydrogens (tertiary/aromatic N) is 3. The second kappa shape index (κ2) is 5.26. The molecule has 0 saturated heterocycles. The number of carbonyl (C=O) groups excluding carboxylic acids is 1. The van der Waals surface area contributed by atoms with Gasteiger partial charge in [-0.1, -0.05) is 0 Å². The van der Waals surface area contributed by atoms with E-state index >= 15 is 0 Å². The van der Waals surface area contributed by atoms with Crippen molar-refractivity contribution in [3.05, 3.63) is 60.2 Å². The van der Waals surface area contributed by atoms with Gasteiger partial charge in [-0.05, 0) is 43.3 Å². The molecule has 20 heavy (non-hydrogen) atoms. The molecule has 3 aromatic rings. The quantitative estimate of drug-likeness (QED) is 0.804. The number of hydrogen-bond acceptors (Lipinski definition) is 4.